The van der Waals surface area contributed by atoms with Crippen molar-refractivity contribution in [2.45, 2.75) is 25.7 Å². The number of methoxy groups -OCH3 is 1. The standard InChI is InChI=1S/C19H24N2O4S/c1-13-5-6-14(2)17(11-13)21-26(23,24)18-12-16(8-7-15(18)3)19(22)20-9-10-25-4/h5-8,11-12,21H,9-10H2,1-4H3,(H,20,22). The van der Waals surface area contributed by atoms with Gasteiger partial charge in [-0.1, -0.05) is 18.2 Å². The van der Waals surface area contributed by atoms with Gasteiger partial charge in [-0.3, -0.25) is 9.52 Å². The SMILES string of the molecule is COCCNC(=O)c1ccc(C)c(S(=O)(=O)Nc2cc(C)ccc2C)c1. The molecule has 0 aromatic heterocycles. The zero-order valence-corrected chi connectivity index (χ0v) is 16.2. The first-order valence-corrected chi connectivity index (χ1v) is 9.71. The van der Waals surface area contributed by atoms with Crippen LogP contribution in [0.1, 0.15) is 27.0 Å². The molecular weight excluding hydrogens is 352 g/mol. The number of carbonyl (C=O) groups is 1. The Balaban J connectivity index is 2.32. The summed E-state index contributed by atoms with van der Waals surface area (Å²) in [5, 5.41) is 2.69. The maximum Gasteiger partial charge on any atom is 0.262 e. The van der Waals surface area contributed by atoms with E-state index in [9.17, 15) is 13.2 Å². The molecule has 0 atom stereocenters. The molecule has 0 unspecified atom stereocenters. The third-order valence-electron chi connectivity index (χ3n) is 3.97. The molecule has 0 saturated carbocycles. The minimum atomic E-state index is -3.82. The highest BCUT2D eigenvalue weighted by atomic mass is 32.2. The fraction of sp³-hybridized carbons (Fsp3) is 0.316. The number of benzene rings is 2. The highest BCUT2D eigenvalue weighted by Crippen LogP contribution is 2.23. The van der Waals surface area contributed by atoms with E-state index in [1.54, 1.807) is 32.2 Å². The van der Waals surface area contributed by atoms with Gasteiger partial charge in [-0.05, 0) is 55.7 Å². The lowest BCUT2D eigenvalue weighted by Gasteiger charge is -2.14. The molecule has 0 radical (unpaired) electrons. The Morgan fingerprint density at radius 2 is 1.73 bits per heavy atom. The van der Waals surface area contributed by atoms with Crippen LogP contribution in [0.2, 0.25) is 0 Å². The van der Waals surface area contributed by atoms with E-state index in [1.165, 1.54) is 6.07 Å². The molecule has 2 N–H and O–H groups in total. The number of hydrogen-bond donors (Lipinski definition) is 2. The fourth-order valence-electron chi connectivity index (χ4n) is 2.45. The van der Waals surface area contributed by atoms with Crippen molar-refractivity contribution >= 4 is 21.6 Å². The highest BCUT2D eigenvalue weighted by Gasteiger charge is 2.20. The van der Waals surface area contributed by atoms with Crippen LogP contribution < -0.4 is 10.0 Å². The summed E-state index contributed by atoms with van der Waals surface area (Å²) in [7, 11) is -2.28. The quantitative estimate of drug-likeness (QED) is 0.728. The van der Waals surface area contributed by atoms with E-state index in [2.05, 4.69) is 10.0 Å². The van der Waals surface area contributed by atoms with Crippen LogP contribution in [0.5, 0.6) is 0 Å². The Morgan fingerprint density at radius 3 is 2.42 bits per heavy atom. The van der Waals surface area contributed by atoms with Gasteiger partial charge < -0.3 is 10.1 Å². The van der Waals surface area contributed by atoms with Crippen molar-refractivity contribution < 1.29 is 17.9 Å². The smallest absolute Gasteiger partial charge is 0.262 e. The van der Waals surface area contributed by atoms with Crippen molar-refractivity contribution in [1.29, 1.82) is 0 Å². The first-order valence-electron chi connectivity index (χ1n) is 8.22. The van der Waals surface area contributed by atoms with Crippen LogP contribution in [-0.4, -0.2) is 34.6 Å². The summed E-state index contributed by atoms with van der Waals surface area (Å²) in [6.45, 7) is 6.17. The summed E-state index contributed by atoms with van der Waals surface area (Å²) in [6, 6.07) is 10.2. The third kappa shape index (κ3) is 4.83. The largest absolute Gasteiger partial charge is 0.383 e. The number of carbonyl (C=O) groups excluding carboxylic acids is 1. The molecule has 140 valence electrons. The first kappa shape index (κ1) is 19.9. The number of anilines is 1. The van der Waals surface area contributed by atoms with Gasteiger partial charge in [0.25, 0.3) is 15.9 Å². The van der Waals surface area contributed by atoms with E-state index in [1.807, 2.05) is 26.0 Å². The lowest BCUT2D eigenvalue weighted by molar-refractivity contribution is 0.0937. The van der Waals surface area contributed by atoms with E-state index in [4.69, 9.17) is 4.74 Å². The second-order valence-corrected chi connectivity index (χ2v) is 7.80. The lowest BCUT2D eigenvalue weighted by atomic mass is 10.1. The molecule has 0 spiro atoms. The summed E-state index contributed by atoms with van der Waals surface area (Å²) >= 11 is 0. The van der Waals surface area contributed by atoms with Gasteiger partial charge in [0.15, 0.2) is 0 Å². The molecular formula is C19H24N2O4S. The van der Waals surface area contributed by atoms with Gasteiger partial charge in [0.05, 0.1) is 17.2 Å². The molecule has 0 saturated heterocycles. The molecule has 2 rings (SSSR count). The summed E-state index contributed by atoms with van der Waals surface area (Å²) < 4.78 is 33.2. The van der Waals surface area contributed by atoms with Crippen LogP contribution in [0.15, 0.2) is 41.3 Å². The molecule has 7 heteroatoms. The Morgan fingerprint density at radius 1 is 1.04 bits per heavy atom. The second-order valence-electron chi connectivity index (χ2n) is 6.15. The maximum atomic E-state index is 12.9. The van der Waals surface area contributed by atoms with Gasteiger partial charge >= 0.3 is 0 Å². The van der Waals surface area contributed by atoms with Gasteiger partial charge in [0.1, 0.15) is 0 Å². The van der Waals surface area contributed by atoms with Crippen molar-refractivity contribution in [3.8, 4) is 0 Å². The molecule has 2 aromatic carbocycles. The van der Waals surface area contributed by atoms with Crippen molar-refractivity contribution in [2.75, 3.05) is 25.0 Å². The second kappa shape index (κ2) is 8.33. The Kier molecular flexibility index (Phi) is 6.39. The highest BCUT2D eigenvalue weighted by molar-refractivity contribution is 7.92. The molecule has 0 fully saturated rings. The van der Waals surface area contributed by atoms with Crippen molar-refractivity contribution in [3.63, 3.8) is 0 Å². The van der Waals surface area contributed by atoms with Crippen LogP contribution in [0.4, 0.5) is 5.69 Å². The number of sulfonamides is 1. The maximum absolute atomic E-state index is 12.9. The van der Waals surface area contributed by atoms with Gasteiger partial charge in [-0.25, -0.2) is 8.42 Å². The van der Waals surface area contributed by atoms with E-state index in [0.29, 0.717) is 24.4 Å². The number of rotatable bonds is 7. The molecule has 0 aliphatic heterocycles. The van der Waals surface area contributed by atoms with E-state index >= 15 is 0 Å². The molecule has 1 amide bonds. The lowest BCUT2D eigenvalue weighted by Crippen LogP contribution is -2.27. The van der Waals surface area contributed by atoms with E-state index < -0.39 is 10.0 Å². The number of amides is 1. The van der Waals surface area contributed by atoms with E-state index in [-0.39, 0.29) is 16.4 Å². The zero-order chi connectivity index (χ0) is 19.3. The third-order valence-corrected chi connectivity index (χ3v) is 5.48. The average molecular weight is 376 g/mol. The Hall–Kier alpha value is -2.38. The monoisotopic (exact) mass is 376 g/mol. The van der Waals surface area contributed by atoms with Gasteiger partial charge in [-0.15, -0.1) is 0 Å². The number of aryl methyl sites for hydroxylation is 3. The summed E-state index contributed by atoms with van der Waals surface area (Å²) in [6.07, 6.45) is 0. The molecule has 0 aliphatic carbocycles. The number of hydrogen-bond acceptors (Lipinski definition) is 4. The molecule has 6 nitrogen and oxygen atoms in total. The van der Waals surface area contributed by atoms with Gasteiger partial charge in [-0.2, -0.15) is 0 Å². The van der Waals surface area contributed by atoms with Crippen molar-refractivity contribution in [2.24, 2.45) is 0 Å². The van der Waals surface area contributed by atoms with Crippen LogP contribution >= 0.6 is 0 Å². The van der Waals surface area contributed by atoms with Crippen molar-refractivity contribution in [3.05, 3.63) is 58.7 Å². The first-order chi connectivity index (χ1) is 12.2. The van der Waals surface area contributed by atoms with Crippen LogP contribution in [0.25, 0.3) is 0 Å². The predicted octanol–water partition coefficient (Wildman–Crippen LogP) is 2.79. The number of ether oxygens (including phenoxy) is 1. The van der Waals surface area contributed by atoms with Crippen LogP contribution in [0.3, 0.4) is 0 Å². The minimum absolute atomic E-state index is 0.0813. The predicted molar refractivity (Wildman–Crippen MR) is 102 cm³/mol. The van der Waals surface area contributed by atoms with Gasteiger partial charge in [0, 0.05) is 19.2 Å². The minimum Gasteiger partial charge on any atom is -0.383 e. The van der Waals surface area contributed by atoms with Gasteiger partial charge in [0.2, 0.25) is 0 Å². The van der Waals surface area contributed by atoms with Crippen molar-refractivity contribution in [1.82, 2.24) is 5.32 Å². The summed E-state index contributed by atoms with van der Waals surface area (Å²) in [5.74, 6) is -0.342. The zero-order valence-electron chi connectivity index (χ0n) is 15.4. The Labute approximate surface area is 154 Å². The molecule has 26 heavy (non-hydrogen) atoms. The Bertz CT molecular complexity index is 908. The molecule has 0 aliphatic rings. The molecule has 0 heterocycles. The average Bonchev–Trinajstić information content (AvgIpc) is 2.58. The fourth-order valence-corrected chi connectivity index (χ4v) is 3.84. The van der Waals surface area contributed by atoms with Crippen LogP contribution in [-0.2, 0) is 14.8 Å². The molecule has 2 aromatic rings. The summed E-state index contributed by atoms with van der Waals surface area (Å²) in [4.78, 5) is 12.3. The summed E-state index contributed by atoms with van der Waals surface area (Å²) in [5.41, 5.74) is 3.16. The normalized spacial score (nSPS) is 11.2. The topological polar surface area (TPSA) is 84.5 Å². The number of nitrogens with one attached hydrogen (secondary N) is 2. The van der Waals surface area contributed by atoms with E-state index in [0.717, 1.165) is 11.1 Å². The van der Waals surface area contributed by atoms with Crippen LogP contribution in [0, 0.1) is 20.8 Å². The molecule has 0 bridgehead atoms.